The molecule has 0 aliphatic rings. The van der Waals surface area contributed by atoms with E-state index in [0.29, 0.717) is 16.8 Å². The summed E-state index contributed by atoms with van der Waals surface area (Å²) in [5.74, 6) is -0.476. The molecule has 3 aromatic carbocycles. The number of carbonyl (C=O) groups excluding carboxylic acids is 1. The van der Waals surface area contributed by atoms with Gasteiger partial charge in [0, 0.05) is 5.69 Å². The topological polar surface area (TPSA) is 68.0 Å². The Morgan fingerprint density at radius 1 is 0.852 bits per heavy atom. The fourth-order valence-corrected chi connectivity index (χ4v) is 2.67. The van der Waals surface area contributed by atoms with Crippen molar-refractivity contribution in [3.05, 3.63) is 90.2 Å². The van der Waals surface area contributed by atoms with E-state index < -0.39 is 5.82 Å². The van der Waals surface area contributed by atoms with Crippen LogP contribution in [0.25, 0.3) is 22.8 Å². The Labute approximate surface area is 154 Å². The van der Waals surface area contributed by atoms with Crippen molar-refractivity contribution in [2.45, 2.75) is 0 Å². The highest BCUT2D eigenvalue weighted by Crippen LogP contribution is 2.27. The van der Waals surface area contributed by atoms with Crippen LogP contribution in [0.4, 0.5) is 10.1 Å². The minimum absolute atomic E-state index is 0.126. The zero-order valence-electron chi connectivity index (χ0n) is 14.1. The fourth-order valence-electron chi connectivity index (χ4n) is 2.67. The van der Waals surface area contributed by atoms with Crippen molar-refractivity contribution >= 4 is 11.6 Å². The molecule has 132 valence electrons. The minimum atomic E-state index is -0.444. The van der Waals surface area contributed by atoms with E-state index in [-0.39, 0.29) is 23.2 Å². The van der Waals surface area contributed by atoms with E-state index in [1.54, 1.807) is 54.6 Å². The summed E-state index contributed by atoms with van der Waals surface area (Å²) in [5, 5.41) is 6.68. The van der Waals surface area contributed by atoms with Crippen molar-refractivity contribution in [3.63, 3.8) is 0 Å². The molecule has 0 aliphatic carbocycles. The van der Waals surface area contributed by atoms with Gasteiger partial charge in [-0.2, -0.15) is 4.98 Å². The fraction of sp³-hybridized carbons (Fsp3) is 0. The number of carbonyl (C=O) groups is 1. The Balaban J connectivity index is 1.68. The first kappa shape index (κ1) is 16.7. The smallest absolute Gasteiger partial charge is 0.259 e. The van der Waals surface area contributed by atoms with Crippen LogP contribution in [0.3, 0.4) is 0 Å². The van der Waals surface area contributed by atoms with E-state index in [0.717, 1.165) is 0 Å². The van der Waals surface area contributed by atoms with Crippen LogP contribution in [-0.4, -0.2) is 16.0 Å². The maximum atomic E-state index is 14.0. The van der Waals surface area contributed by atoms with Gasteiger partial charge in [-0.05, 0) is 36.4 Å². The minimum Gasteiger partial charge on any atom is -0.334 e. The second-order valence-corrected chi connectivity index (χ2v) is 5.77. The number of para-hydroxylation sites is 1. The van der Waals surface area contributed by atoms with Crippen LogP contribution in [0.15, 0.2) is 83.4 Å². The Bertz CT molecular complexity index is 1090. The third kappa shape index (κ3) is 3.46. The van der Waals surface area contributed by atoms with E-state index in [9.17, 15) is 9.18 Å². The third-order valence-electron chi connectivity index (χ3n) is 3.97. The molecule has 1 N–H and O–H groups in total. The molecule has 5 nitrogen and oxygen atoms in total. The molecule has 0 aliphatic heterocycles. The summed E-state index contributed by atoms with van der Waals surface area (Å²) < 4.78 is 19.2. The summed E-state index contributed by atoms with van der Waals surface area (Å²) in [6.45, 7) is 0. The van der Waals surface area contributed by atoms with Gasteiger partial charge in [-0.25, -0.2) is 4.39 Å². The Morgan fingerprint density at radius 3 is 2.30 bits per heavy atom. The molecule has 0 bridgehead atoms. The first-order valence-electron chi connectivity index (χ1n) is 8.27. The maximum absolute atomic E-state index is 14.0. The number of aromatic nitrogens is 2. The number of nitrogens with one attached hydrogen (secondary N) is 1. The Kier molecular flexibility index (Phi) is 4.45. The SMILES string of the molecule is O=C(Nc1ccccc1)c1ccccc1-c1nc(-c2ccccc2F)no1. The number of rotatable bonds is 4. The molecule has 0 atom stereocenters. The number of benzene rings is 3. The van der Waals surface area contributed by atoms with Crippen LogP contribution in [0.1, 0.15) is 10.4 Å². The average molecular weight is 359 g/mol. The molecule has 1 aromatic heterocycles. The molecule has 27 heavy (non-hydrogen) atoms. The first-order chi connectivity index (χ1) is 13.2. The molecular formula is C21H14FN3O2. The number of nitrogens with zero attached hydrogens (tertiary/aromatic N) is 2. The number of hydrogen-bond acceptors (Lipinski definition) is 4. The van der Waals surface area contributed by atoms with Gasteiger partial charge in [-0.15, -0.1) is 0 Å². The van der Waals surface area contributed by atoms with Gasteiger partial charge in [0.05, 0.1) is 16.7 Å². The molecule has 4 rings (SSSR count). The van der Waals surface area contributed by atoms with E-state index in [1.807, 2.05) is 18.2 Å². The Morgan fingerprint density at radius 2 is 1.52 bits per heavy atom. The van der Waals surface area contributed by atoms with Gasteiger partial charge in [0.2, 0.25) is 5.82 Å². The summed E-state index contributed by atoms with van der Waals surface area (Å²) in [7, 11) is 0. The monoisotopic (exact) mass is 359 g/mol. The highest BCUT2D eigenvalue weighted by Gasteiger charge is 2.19. The van der Waals surface area contributed by atoms with Crippen LogP contribution in [0.2, 0.25) is 0 Å². The van der Waals surface area contributed by atoms with E-state index in [1.165, 1.54) is 6.07 Å². The quantitative estimate of drug-likeness (QED) is 0.568. The molecule has 0 spiro atoms. The summed E-state index contributed by atoms with van der Waals surface area (Å²) in [5.41, 5.74) is 1.76. The third-order valence-corrected chi connectivity index (χ3v) is 3.97. The Hall–Kier alpha value is -3.80. The molecule has 1 heterocycles. The lowest BCUT2D eigenvalue weighted by atomic mass is 10.1. The van der Waals surface area contributed by atoms with E-state index in [4.69, 9.17) is 4.52 Å². The molecular weight excluding hydrogens is 345 g/mol. The lowest BCUT2D eigenvalue weighted by Gasteiger charge is -2.07. The van der Waals surface area contributed by atoms with Gasteiger partial charge in [0.1, 0.15) is 5.82 Å². The molecule has 0 radical (unpaired) electrons. The lowest BCUT2D eigenvalue weighted by Crippen LogP contribution is -2.13. The number of halogens is 1. The summed E-state index contributed by atoms with van der Waals surface area (Å²) in [6, 6.07) is 22.2. The molecule has 0 unspecified atom stereocenters. The average Bonchev–Trinajstić information content (AvgIpc) is 3.19. The second kappa shape index (κ2) is 7.21. The zero-order chi connectivity index (χ0) is 18.6. The lowest BCUT2D eigenvalue weighted by molar-refractivity contribution is 0.102. The van der Waals surface area contributed by atoms with Crippen molar-refractivity contribution < 1.29 is 13.7 Å². The van der Waals surface area contributed by atoms with Crippen LogP contribution in [-0.2, 0) is 0 Å². The molecule has 0 saturated heterocycles. The van der Waals surface area contributed by atoms with Crippen LogP contribution < -0.4 is 5.32 Å². The number of hydrogen-bond donors (Lipinski definition) is 1. The van der Waals surface area contributed by atoms with Crippen LogP contribution >= 0.6 is 0 Å². The van der Waals surface area contributed by atoms with Gasteiger partial charge in [-0.3, -0.25) is 4.79 Å². The standard InChI is InChI=1S/C21H14FN3O2/c22-18-13-7-6-12-17(18)19-24-21(27-25-19)16-11-5-4-10-15(16)20(26)23-14-8-2-1-3-9-14/h1-13H,(H,23,26). The number of amides is 1. The summed E-state index contributed by atoms with van der Waals surface area (Å²) in [6.07, 6.45) is 0. The number of anilines is 1. The summed E-state index contributed by atoms with van der Waals surface area (Å²) in [4.78, 5) is 16.9. The van der Waals surface area contributed by atoms with Crippen molar-refractivity contribution in [3.8, 4) is 22.8 Å². The van der Waals surface area contributed by atoms with E-state index >= 15 is 0 Å². The van der Waals surface area contributed by atoms with Gasteiger partial charge < -0.3 is 9.84 Å². The van der Waals surface area contributed by atoms with Gasteiger partial charge >= 0.3 is 0 Å². The van der Waals surface area contributed by atoms with Crippen LogP contribution in [0, 0.1) is 5.82 Å². The van der Waals surface area contributed by atoms with Crippen molar-refractivity contribution in [1.82, 2.24) is 10.1 Å². The molecule has 0 saturated carbocycles. The van der Waals surface area contributed by atoms with Crippen molar-refractivity contribution in [2.24, 2.45) is 0 Å². The predicted octanol–water partition coefficient (Wildman–Crippen LogP) is 4.80. The highest BCUT2D eigenvalue weighted by molar-refractivity contribution is 6.08. The molecule has 0 fully saturated rings. The molecule has 4 aromatic rings. The molecule has 6 heteroatoms. The van der Waals surface area contributed by atoms with Crippen molar-refractivity contribution in [2.75, 3.05) is 5.32 Å². The van der Waals surface area contributed by atoms with Gasteiger partial charge in [0.15, 0.2) is 0 Å². The van der Waals surface area contributed by atoms with Crippen molar-refractivity contribution in [1.29, 1.82) is 0 Å². The zero-order valence-corrected chi connectivity index (χ0v) is 14.1. The summed E-state index contributed by atoms with van der Waals surface area (Å²) >= 11 is 0. The maximum Gasteiger partial charge on any atom is 0.259 e. The van der Waals surface area contributed by atoms with Gasteiger partial charge in [-0.1, -0.05) is 47.6 Å². The highest BCUT2D eigenvalue weighted by atomic mass is 19.1. The largest absolute Gasteiger partial charge is 0.334 e. The second-order valence-electron chi connectivity index (χ2n) is 5.77. The normalized spacial score (nSPS) is 10.6. The van der Waals surface area contributed by atoms with E-state index in [2.05, 4.69) is 15.5 Å². The van der Waals surface area contributed by atoms with Crippen LogP contribution in [0.5, 0.6) is 0 Å². The predicted molar refractivity (Wildman–Crippen MR) is 99.5 cm³/mol. The molecule has 1 amide bonds. The van der Waals surface area contributed by atoms with Gasteiger partial charge in [0.25, 0.3) is 11.8 Å². The first-order valence-corrected chi connectivity index (χ1v) is 8.27.